The van der Waals surface area contributed by atoms with Gasteiger partial charge in [-0.15, -0.1) is 11.8 Å². The van der Waals surface area contributed by atoms with Crippen LogP contribution in [0.1, 0.15) is 10.4 Å². The lowest BCUT2D eigenvalue weighted by molar-refractivity contribution is -0.384. The van der Waals surface area contributed by atoms with Crippen molar-refractivity contribution in [2.75, 3.05) is 5.75 Å². The first-order valence-electron chi connectivity index (χ1n) is 7.03. The Labute approximate surface area is 137 Å². The van der Waals surface area contributed by atoms with Gasteiger partial charge in [0.1, 0.15) is 0 Å². The van der Waals surface area contributed by atoms with Gasteiger partial charge in [-0.1, -0.05) is 42.5 Å². The van der Waals surface area contributed by atoms with Crippen molar-refractivity contribution in [3.8, 4) is 0 Å². The van der Waals surface area contributed by atoms with Crippen LogP contribution in [-0.2, 0) is 0 Å². The zero-order valence-electron chi connectivity index (χ0n) is 12.1. The first-order valence-corrected chi connectivity index (χ1v) is 8.01. The highest BCUT2D eigenvalue weighted by molar-refractivity contribution is 8.00. The number of hydrogen-bond donors (Lipinski definition) is 0. The van der Waals surface area contributed by atoms with Crippen molar-refractivity contribution in [1.82, 2.24) is 0 Å². The fourth-order valence-electron chi connectivity index (χ4n) is 2.28. The van der Waals surface area contributed by atoms with Gasteiger partial charge in [0, 0.05) is 22.6 Å². The molecule has 0 aliphatic carbocycles. The van der Waals surface area contributed by atoms with E-state index in [-0.39, 0.29) is 17.2 Å². The van der Waals surface area contributed by atoms with Crippen LogP contribution in [0.4, 0.5) is 5.69 Å². The number of nitro groups is 1. The largest absolute Gasteiger partial charge is 0.293 e. The Morgan fingerprint density at radius 2 is 1.74 bits per heavy atom. The number of rotatable bonds is 5. The first-order chi connectivity index (χ1) is 11.1. The lowest BCUT2D eigenvalue weighted by Gasteiger charge is -2.04. The molecule has 23 heavy (non-hydrogen) atoms. The van der Waals surface area contributed by atoms with Gasteiger partial charge in [-0.25, -0.2) is 0 Å². The van der Waals surface area contributed by atoms with Crippen molar-refractivity contribution < 1.29 is 9.72 Å². The number of hydrogen-bond acceptors (Lipinski definition) is 4. The SMILES string of the molecule is O=C(CSc1ccc2ccccc2c1)c1cccc([N+](=O)[O-])c1. The van der Waals surface area contributed by atoms with E-state index in [1.807, 2.05) is 42.5 Å². The van der Waals surface area contributed by atoms with Gasteiger partial charge in [0.2, 0.25) is 0 Å². The van der Waals surface area contributed by atoms with Gasteiger partial charge in [0.25, 0.3) is 5.69 Å². The summed E-state index contributed by atoms with van der Waals surface area (Å²) in [6.07, 6.45) is 0. The smallest absolute Gasteiger partial charge is 0.270 e. The van der Waals surface area contributed by atoms with Crippen molar-refractivity contribution >= 4 is 34.0 Å². The second-order valence-corrected chi connectivity index (χ2v) is 6.08. The molecule has 3 rings (SSSR count). The maximum absolute atomic E-state index is 12.2. The van der Waals surface area contributed by atoms with Gasteiger partial charge in [0.15, 0.2) is 5.78 Å². The Morgan fingerprint density at radius 1 is 0.957 bits per heavy atom. The van der Waals surface area contributed by atoms with E-state index in [2.05, 4.69) is 0 Å². The molecule has 0 saturated heterocycles. The molecule has 3 aromatic carbocycles. The van der Waals surface area contributed by atoms with Gasteiger partial charge in [-0.3, -0.25) is 14.9 Å². The predicted octanol–water partition coefficient (Wildman–Crippen LogP) is 4.72. The van der Waals surface area contributed by atoms with Crippen LogP contribution in [0, 0.1) is 10.1 Å². The van der Waals surface area contributed by atoms with Gasteiger partial charge in [0.05, 0.1) is 10.7 Å². The number of benzene rings is 3. The summed E-state index contributed by atoms with van der Waals surface area (Å²) in [4.78, 5) is 23.5. The molecule has 114 valence electrons. The molecule has 4 nitrogen and oxygen atoms in total. The standard InChI is InChI=1S/C18H13NO3S/c20-18(15-6-3-7-16(10-15)19(21)22)12-23-17-9-8-13-4-1-2-5-14(13)11-17/h1-11H,12H2. The maximum Gasteiger partial charge on any atom is 0.270 e. The third-order valence-corrected chi connectivity index (χ3v) is 4.46. The van der Waals surface area contributed by atoms with Crippen molar-refractivity contribution in [1.29, 1.82) is 0 Å². The van der Waals surface area contributed by atoms with E-state index in [0.717, 1.165) is 15.7 Å². The number of carbonyl (C=O) groups is 1. The molecule has 0 atom stereocenters. The van der Waals surface area contributed by atoms with E-state index >= 15 is 0 Å². The Morgan fingerprint density at radius 3 is 2.52 bits per heavy atom. The average Bonchev–Trinajstić information content (AvgIpc) is 2.59. The van der Waals surface area contributed by atoms with Gasteiger partial charge < -0.3 is 0 Å². The van der Waals surface area contributed by atoms with Crippen LogP contribution in [0.25, 0.3) is 10.8 Å². The molecular formula is C18H13NO3S. The summed E-state index contributed by atoms with van der Waals surface area (Å²) in [7, 11) is 0. The first kappa shape index (κ1) is 15.2. The number of Topliss-reactive ketones (excluding diaryl/α,β-unsaturated/α-hetero) is 1. The molecule has 0 bridgehead atoms. The summed E-state index contributed by atoms with van der Waals surface area (Å²) in [5.41, 5.74) is 0.305. The van der Waals surface area contributed by atoms with Gasteiger partial charge in [-0.2, -0.15) is 0 Å². The number of carbonyl (C=O) groups excluding carboxylic acids is 1. The van der Waals surface area contributed by atoms with Gasteiger partial charge in [-0.05, 0) is 22.9 Å². The molecular weight excluding hydrogens is 310 g/mol. The molecule has 0 aromatic heterocycles. The molecule has 0 saturated carbocycles. The fraction of sp³-hybridized carbons (Fsp3) is 0.0556. The molecule has 0 aliphatic heterocycles. The summed E-state index contributed by atoms with van der Waals surface area (Å²) in [5, 5.41) is 13.0. The number of ketones is 1. The second-order valence-electron chi connectivity index (χ2n) is 5.03. The average molecular weight is 323 g/mol. The molecule has 0 N–H and O–H groups in total. The summed E-state index contributed by atoms with van der Waals surface area (Å²) in [6.45, 7) is 0. The fourth-order valence-corrected chi connectivity index (χ4v) is 3.12. The van der Waals surface area contributed by atoms with E-state index in [9.17, 15) is 14.9 Å². The molecule has 3 aromatic rings. The lowest BCUT2D eigenvalue weighted by Crippen LogP contribution is -2.03. The van der Waals surface area contributed by atoms with Crippen molar-refractivity contribution in [2.24, 2.45) is 0 Å². The van der Waals surface area contributed by atoms with Crippen LogP contribution in [0.3, 0.4) is 0 Å². The van der Waals surface area contributed by atoms with Crippen LogP contribution in [0.2, 0.25) is 0 Å². The van der Waals surface area contributed by atoms with Crippen LogP contribution in [0.15, 0.2) is 71.6 Å². The van der Waals surface area contributed by atoms with E-state index in [0.29, 0.717) is 5.56 Å². The Balaban J connectivity index is 1.72. The molecule has 5 heteroatoms. The van der Waals surface area contributed by atoms with Crippen molar-refractivity contribution in [2.45, 2.75) is 4.90 Å². The second kappa shape index (κ2) is 6.62. The van der Waals surface area contributed by atoms with Crippen molar-refractivity contribution in [3.05, 3.63) is 82.4 Å². The Kier molecular flexibility index (Phi) is 4.39. The Hall–Kier alpha value is -2.66. The predicted molar refractivity (Wildman–Crippen MR) is 92.1 cm³/mol. The van der Waals surface area contributed by atoms with E-state index in [1.54, 1.807) is 6.07 Å². The normalized spacial score (nSPS) is 10.6. The molecule has 0 amide bonds. The summed E-state index contributed by atoms with van der Waals surface area (Å²) in [5.74, 6) is 0.131. The van der Waals surface area contributed by atoms with E-state index in [1.165, 1.54) is 30.0 Å². The number of nitro benzene ring substituents is 1. The highest BCUT2D eigenvalue weighted by Crippen LogP contribution is 2.24. The number of thioether (sulfide) groups is 1. The summed E-state index contributed by atoms with van der Waals surface area (Å²) >= 11 is 1.43. The monoisotopic (exact) mass is 323 g/mol. The molecule has 0 spiro atoms. The number of fused-ring (bicyclic) bond motifs is 1. The quantitative estimate of drug-likeness (QED) is 0.295. The molecule has 0 heterocycles. The Bertz CT molecular complexity index is 892. The molecule has 0 fully saturated rings. The molecule has 0 unspecified atom stereocenters. The van der Waals surface area contributed by atoms with Crippen LogP contribution >= 0.6 is 11.8 Å². The minimum Gasteiger partial charge on any atom is -0.293 e. The third-order valence-electron chi connectivity index (χ3n) is 3.47. The highest BCUT2D eigenvalue weighted by Gasteiger charge is 2.12. The highest BCUT2D eigenvalue weighted by atomic mass is 32.2. The number of non-ortho nitro benzene ring substituents is 1. The molecule has 0 aliphatic rings. The lowest BCUT2D eigenvalue weighted by atomic mass is 10.1. The zero-order chi connectivity index (χ0) is 16.2. The van der Waals surface area contributed by atoms with Gasteiger partial charge >= 0.3 is 0 Å². The van der Waals surface area contributed by atoms with Crippen LogP contribution in [-0.4, -0.2) is 16.5 Å². The minimum atomic E-state index is -0.493. The maximum atomic E-state index is 12.2. The van der Waals surface area contributed by atoms with Crippen LogP contribution in [0.5, 0.6) is 0 Å². The van der Waals surface area contributed by atoms with E-state index < -0.39 is 4.92 Å². The summed E-state index contributed by atoms with van der Waals surface area (Å²) < 4.78 is 0. The van der Waals surface area contributed by atoms with E-state index in [4.69, 9.17) is 0 Å². The van der Waals surface area contributed by atoms with Crippen LogP contribution < -0.4 is 0 Å². The topological polar surface area (TPSA) is 60.2 Å². The minimum absolute atomic E-state index is 0.0634. The zero-order valence-corrected chi connectivity index (χ0v) is 13.0. The third kappa shape index (κ3) is 3.57. The molecule has 0 radical (unpaired) electrons. The number of nitrogens with zero attached hydrogens (tertiary/aromatic N) is 1. The summed E-state index contributed by atoms with van der Waals surface area (Å²) in [6, 6.07) is 19.9. The van der Waals surface area contributed by atoms with Crippen molar-refractivity contribution in [3.63, 3.8) is 0 Å².